The van der Waals surface area contributed by atoms with Gasteiger partial charge in [-0.1, -0.05) is 60.8 Å². The van der Waals surface area contributed by atoms with Gasteiger partial charge in [-0.05, 0) is 66.2 Å². The van der Waals surface area contributed by atoms with Crippen LogP contribution in [0.15, 0.2) is 42.5 Å². The normalized spacial score (nSPS) is 24.0. The quantitative estimate of drug-likeness (QED) is 0.589. The van der Waals surface area contributed by atoms with E-state index < -0.39 is 0 Å². The Morgan fingerprint density at radius 2 is 1.93 bits per heavy atom. The lowest BCUT2D eigenvalue weighted by atomic mass is 9.82. The van der Waals surface area contributed by atoms with Gasteiger partial charge in [-0.25, -0.2) is 0 Å². The highest BCUT2D eigenvalue weighted by Crippen LogP contribution is 2.37. The Hall–Kier alpha value is -1.91. The number of rotatable bonds is 6. The lowest BCUT2D eigenvalue weighted by Gasteiger charge is -2.17. The van der Waals surface area contributed by atoms with E-state index in [0.29, 0.717) is 30.6 Å². The molecule has 151 valence electrons. The summed E-state index contributed by atoms with van der Waals surface area (Å²) in [6, 6.07) is 14.7. The van der Waals surface area contributed by atoms with Gasteiger partial charge in [0.15, 0.2) is 0 Å². The SMILES string of the molecule is NCc1cccc(C2CCCC(CC(=O)C3Cc4cccc([B]O)c4C3)CC2)c1. The molecule has 0 spiro atoms. The van der Waals surface area contributed by atoms with Crippen molar-refractivity contribution < 1.29 is 9.82 Å². The van der Waals surface area contributed by atoms with Crippen LogP contribution in [0.5, 0.6) is 0 Å². The minimum absolute atomic E-state index is 0.0892. The van der Waals surface area contributed by atoms with E-state index in [1.165, 1.54) is 43.4 Å². The standard InChI is InChI=1S/C25H31BNO2/c27-16-18-5-2-7-20(12-18)19-6-1-4-17(10-11-19)13-25(28)22-14-21-8-3-9-24(26-29)23(21)15-22/h2-3,5,7-9,12,17,19,22,29H,1,4,6,10-11,13-16,27H2. The molecule has 4 heteroatoms. The Morgan fingerprint density at radius 3 is 2.76 bits per heavy atom. The second-order valence-electron chi connectivity index (χ2n) is 8.91. The van der Waals surface area contributed by atoms with E-state index in [1.807, 2.05) is 12.1 Å². The minimum atomic E-state index is 0.0892. The molecule has 0 heterocycles. The van der Waals surface area contributed by atoms with Crippen molar-refractivity contribution >= 4 is 18.7 Å². The fraction of sp³-hybridized carbons (Fsp3) is 0.480. The first-order valence-corrected chi connectivity index (χ1v) is 11.1. The van der Waals surface area contributed by atoms with Gasteiger partial charge in [0.05, 0.1) is 0 Å². The molecule has 2 aliphatic carbocycles. The van der Waals surface area contributed by atoms with Crippen molar-refractivity contribution in [1.82, 2.24) is 0 Å². The predicted molar refractivity (Wildman–Crippen MR) is 118 cm³/mol. The van der Waals surface area contributed by atoms with E-state index in [0.717, 1.165) is 36.7 Å². The van der Waals surface area contributed by atoms with Crippen LogP contribution in [0, 0.1) is 11.8 Å². The number of fused-ring (bicyclic) bond motifs is 1. The smallest absolute Gasteiger partial charge is 0.327 e. The molecule has 3 atom stereocenters. The molecule has 0 saturated heterocycles. The molecule has 2 aromatic rings. The fourth-order valence-corrected chi connectivity index (χ4v) is 5.37. The molecule has 0 amide bonds. The third-order valence-corrected chi connectivity index (χ3v) is 7.06. The van der Waals surface area contributed by atoms with E-state index in [-0.39, 0.29) is 5.92 Å². The second kappa shape index (κ2) is 9.27. The third-order valence-electron chi connectivity index (χ3n) is 7.06. The van der Waals surface area contributed by atoms with Crippen LogP contribution >= 0.6 is 0 Å². The van der Waals surface area contributed by atoms with E-state index in [1.54, 1.807) is 0 Å². The molecule has 0 bridgehead atoms. The van der Waals surface area contributed by atoms with E-state index in [4.69, 9.17) is 5.73 Å². The summed E-state index contributed by atoms with van der Waals surface area (Å²) in [7, 11) is 1.18. The lowest BCUT2D eigenvalue weighted by molar-refractivity contribution is -0.123. The Bertz CT molecular complexity index is 866. The molecule has 1 fully saturated rings. The van der Waals surface area contributed by atoms with Crippen LogP contribution in [0.2, 0.25) is 0 Å². The molecule has 2 aliphatic rings. The van der Waals surface area contributed by atoms with Crippen molar-refractivity contribution in [2.75, 3.05) is 0 Å². The largest absolute Gasteiger partial charge is 0.450 e. The van der Waals surface area contributed by atoms with Gasteiger partial charge >= 0.3 is 7.48 Å². The minimum Gasteiger partial charge on any atom is -0.450 e. The number of Topliss-reactive ketones (excluding diaryl/α,β-unsaturated/α-hetero) is 1. The summed E-state index contributed by atoms with van der Waals surface area (Å²) in [6.45, 7) is 0.594. The zero-order valence-corrected chi connectivity index (χ0v) is 17.1. The Labute approximate surface area is 175 Å². The maximum absolute atomic E-state index is 13.0. The molecule has 1 radical (unpaired) electrons. The van der Waals surface area contributed by atoms with Crippen molar-refractivity contribution in [1.29, 1.82) is 0 Å². The van der Waals surface area contributed by atoms with E-state index >= 15 is 0 Å². The summed E-state index contributed by atoms with van der Waals surface area (Å²) in [5.41, 5.74) is 11.7. The van der Waals surface area contributed by atoms with Gasteiger partial charge in [0.25, 0.3) is 0 Å². The van der Waals surface area contributed by atoms with Gasteiger partial charge in [-0.2, -0.15) is 0 Å². The Morgan fingerprint density at radius 1 is 1.07 bits per heavy atom. The first-order valence-electron chi connectivity index (χ1n) is 11.1. The summed E-state index contributed by atoms with van der Waals surface area (Å²) in [5.74, 6) is 1.61. The molecule has 1 saturated carbocycles. The van der Waals surface area contributed by atoms with Crippen molar-refractivity contribution in [2.45, 2.75) is 63.8 Å². The average Bonchev–Trinajstić information content (AvgIpc) is 3.07. The van der Waals surface area contributed by atoms with Crippen LogP contribution in [0.3, 0.4) is 0 Å². The maximum atomic E-state index is 13.0. The zero-order chi connectivity index (χ0) is 20.2. The maximum Gasteiger partial charge on any atom is 0.327 e. The van der Waals surface area contributed by atoms with Gasteiger partial charge in [0, 0.05) is 18.9 Å². The van der Waals surface area contributed by atoms with Gasteiger partial charge in [-0.15, -0.1) is 0 Å². The summed E-state index contributed by atoms with van der Waals surface area (Å²) in [5, 5.41) is 9.45. The summed E-state index contributed by atoms with van der Waals surface area (Å²) >= 11 is 0. The Kier molecular flexibility index (Phi) is 6.51. The number of carbonyl (C=O) groups is 1. The van der Waals surface area contributed by atoms with Crippen LogP contribution < -0.4 is 11.2 Å². The van der Waals surface area contributed by atoms with Crippen LogP contribution in [-0.2, 0) is 24.2 Å². The van der Waals surface area contributed by atoms with Gasteiger partial charge in [0.1, 0.15) is 5.78 Å². The molecule has 3 unspecified atom stereocenters. The molecule has 2 aromatic carbocycles. The number of ketones is 1. The van der Waals surface area contributed by atoms with E-state index in [9.17, 15) is 9.82 Å². The number of benzene rings is 2. The highest BCUT2D eigenvalue weighted by molar-refractivity contribution is 6.46. The Balaban J connectivity index is 1.34. The fourth-order valence-electron chi connectivity index (χ4n) is 5.37. The lowest BCUT2D eigenvalue weighted by Crippen LogP contribution is -2.21. The first-order chi connectivity index (χ1) is 14.2. The molecule has 3 nitrogen and oxygen atoms in total. The van der Waals surface area contributed by atoms with Gasteiger partial charge < -0.3 is 10.8 Å². The molecule has 0 aliphatic heterocycles. The molecule has 3 N–H and O–H groups in total. The molecular weight excluding hydrogens is 357 g/mol. The van der Waals surface area contributed by atoms with Gasteiger partial charge in [-0.3, -0.25) is 4.79 Å². The molecule has 0 aromatic heterocycles. The van der Waals surface area contributed by atoms with Crippen molar-refractivity contribution in [3.63, 3.8) is 0 Å². The van der Waals surface area contributed by atoms with Crippen LogP contribution in [0.25, 0.3) is 0 Å². The monoisotopic (exact) mass is 388 g/mol. The number of hydrogen-bond donors (Lipinski definition) is 2. The van der Waals surface area contributed by atoms with E-state index in [2.05, 4.69) is 30.3 Å². The molecule has 29 heavy (non-hydrogen) atoms. The van der Waals surface area contributed by atoms with Crippen LogP contribution in [-0.4, -0.2) is 18.3 Å². The van der Waals surface area contributed by atoms with Gasteiger partial charge in [0.2, 0.25) is 0 Å². The summed E-state index contributed by atoms with van der Waals surface area (Å²) < 4.78 is 0. The van der Waals surface area contributed by atoms with Crippen molar-refractivity contribution in [3.8, 4) is 0 Å². The second-order valence-corrected chi connectivity index (χ2v) is 8.91. The zero-order valence-electron chi connectivity index (χ0n) is 17.1. The third kappa shape index (κ3) is 4.65. The highest BCUT2D eigenvalue weighted by atomic mass is 16.2. The topological polar surface area (TPSA) is 63.3 Å². The summed E-state index contributed by atoms with van der Waals surface area (Å²) in [4.78, 5) is 13.0. The molecular formula is C25H31BNO2. The van der Waals surface area contributed by atoms with Crippen molar-refractivity contribution in [3.05, 3.63) is 64.7 Å². The molecule has 4 rings (SSSR count). The van der Waals surface area contributed by atoms with Crippen LogP contribution in [0.1, 0.15) is 66.7 Å². The van der Waals surface area contributed by atoms with Crippen LogP contribution in [0.4, 0.5) is 0 Å². The number of hydrogen-bond acceptors (Lipinski definition) is 3. The number of nitrogens with two attached hydrogens (primary N) is 1. The predicted octanol–water partition coefficient (Wildman–Crippen LogP) is 3.42. The summed E-state index contributed by atoms with van der Waals surface area (Å²) in [6.07, 6.45) is 8.20. The van der Waals surface area contributed by atoms with Crippen molar-refractivity contribution in [2.24, 2.45) is 17.6 Å². The number of carbonyl (C=O) groups excluding carboxylic acids is 1. The highest BCUT2D eigenvalue weighted by Gasteiger charge is 2.31. The average molecular weight is 388 g/mol. The first kappa shape index (κ1) is 20.4.